The Bertz CT molecular complexity index is 1000. The van der Waals surface area contributed by atoms with E-state index in [2.05, 4.69) is 57.6 Å². The van der Waals surface area contributed by atoms with Crippen molar-refractivity contribution in [2.75, 3.05) is 7.11 Å². The van der Waals surface area contributed by atoms with Gasteiger partial charge in [0.2, 0.25) is 0 Å². The molecule has 3 aromatic rings. The topological polar surface area (TPSA) is 59.9 Å². The standard InChI is InChI=1S/C23H21BrN2O3/c1-16-3-5-18(6-4-16)15-29-20-10-7-17(8-11-20)14-25-26-23(27)21-13-19(24)9-12-22(21)28-2/h3-14H,15H2,1-2H3,(H,26,27)/b25-14-. The predicted octanol–water partition coefficient (Wildman–Crippen LogP) is 5.11. The zero-order valence-electron chi connectivity index (χ0n) is 16.2. The number of halogens is 1. The van der Waals surface area contributed by atoms with Crippen LogP contribution in [0.15, 0.2) is 76.3 Å². The van der Waals surface area contributed by atoms with E-state index in [1.165, 1.54) is 12.7 Å². The van der Waals surface area contributed by atoms with Crippen molar-refractivity contribution in [2.24, 2.45) is 5.10 Å². The Kier molecular flexibility index (Phi) is 7.03. The lowest BCUT2D eigenvalue weighted by Crippen LogP contribution is -2.18. The molecule has 6 heteroatoms. The molecule has 0 aliphatic rings. The Morgan fingerprint density at radius 2 is 1.79 bits per heavy atom. The molecule has 0 aliphatic carbocycles. The van der Waals surface area contributed by atoms with Crippen LogP contribution in [-0.4, -0.2) is 19.2 Å². The van der Waals surface area contributed by atoms with Crippen LogP contribution in [0.25, 0.3) is 0 Å². The van der Waals surface area contributed by atoms with Gasteiger partial charge in [0.15, 0.2) is 0 Å². The molecule has 3 rings (SSSR count). The normalized spacial score (nSPS) is 10.7. The van der Waals surface area contributed by atoms with E-state index < -0.39 is 0 Å². The minimum atomic E-state index is -0.350. The van der Waals surface area contributed by atoms with Crippen LogP contribution < -0.4 is 14.9 Å². The molecule has 3 aromatic carbocycles. The fourth-order valence-corrected chi connectivity index (χ4v) is 2.95. The van der Waals surface area contributed by atoms with Crippen LogP contribution in [-0.2, 0) is 6.61 Å². The van der Waals surface area contributed by atoms with Gasteiger partial charge in [0.1, 0.15) is 18.1 Å². The average molecular weight is 453 g/mol. The van der Waals surface area contributed by atoms with Crippen molar-refractivity contribution >= 4 is 28.1 Å². The number of carbonyl (C=O) groups is 1. The third-order valence-corrected chi connectivity index (χ3v) is 4.69. The van der Waals surface area contributed by atoms with E-state index in [0.29, 0.717) is 17.9 Å². The van der Waals surface area contributed by atoms with Crippen LogP contribution in [0.3, 0.4) is 0 Å². The summed E-state index contributed by atoms with van der Waals surface area (Å²) in [5.74, 6) is 0.902. The lowest BCUT2D eigenvalue weighted by atomic mass is 10.2. The third-order valence-electron chi connectivity index (χ3n) is 4.19. The number of nitrogens with zero attached hydrogens (tertiary/aromatic N) is 1. The molecule has 0 fully saturated rings. The molecule has 148 valence electrons. The summed E-state index contributed by atoms with van der Waals surface area (Å²) in [6, 6.07) is 20.9. The number of hydrogen-bond acceptors (Lipinski definition) is 4. The number of hydrazone groups is 1. The summed E-state index contributed by atoms with van der Waals surface area (Å²) < 4.78 is 11.8. The minimum absolute atomic E-state index is 0.350. The Labute approximate surface area is 178 Å². The Hall–Kier alpha value is -3.12. The molecule has 0 aromatic heterocycles. The monoisotopic (exact) mass is 452 g/mol. The largest absolute Gasteiger partial charge is 0.496 e. The van der Waals surface area contributed by atoms with E-state index in [1.54, 1.807) is 24.4 Å². The summed E-state index contributed by atoms with van der Waals surface area (Å²) in [6.07, 6.45) is 1.58. The van der Waals surface area contributed by atoms with Gasteiger partial charge < -0.3 is 9.47 Å². The van der Waals surface area contributed by atoms with Crippen molar-refractivity contribution < 1.29 is 14.3 Å². The second-order valence-corrected chi connectivity index (χ2v) is 7.30. The molecule has 1 N–H and O–H groups in total. The number of aryl methyl sites for hydroxylation is 1. The summed E-state index contributed by atoms with van der Waals surface area (Å²) in [7, 11) is 1.52. The summed E-state index contributed by atoms with van der Waals surface area (Å²) in [5, 5.41) is 4.02. The highest BCUT2D eigenvalue weighted by molar-refractivity contribution is 9.10. The first-order valence-electron chi connectivity index (χ1n) is 9.00. The van der Waals surface area contributed by atoms with Gasteiger partial charge in [0, 0.05) is 4.47 Å². The molecule has 29 heavy (non-hydrogen) atoms. The first kappa shape index (κ1) is 20.6. The van der Waals surface area contributed by atoms with Crippen LogP contribution in [0.2, 0.25) is 0 Å². The molecule has 0 unspecified atom stereocenters. The summed E-state index contributed by atoms with van der Waals surface area (Å²) in [5.41, 5.74) is 6.10. The van der Waals surface area contributed by atoms with Crippen molar-refractivity contribution in [2.45, 2.75) is 13.5 Å². The number of carbonyl (C=O) groups excluding carboxylic acids is 1. The van der Waals surface area contributed by atoms with E-state index in [1.807, 2.05) is 24.3 Å². The molecular weight excluding hydrogens is 432 g/mol. The van der Waals surface area contributed by atoms with Crippen molar-refractivity contribution in [3.63, 3.8) is 0 Å². The van der Waals surface area contributed by atoms with Gasteiger partial charge in [-0.15, -0.1) is 0 Å². The van der Waals surface area contributed by atoms with Crippen LogP contribution in [0.5, 0.6) is 11.5 Å². The van der Waals surface area contributed by atoms with Crippen LogP contribution in [0.1, 0.15) is 27.0 Å². The average Bonchev–Trinajstić information content (AvgIpc) is 2.74. The number of benzene rings is 3. The number of hydrogen-bond donors (Lipinski definition) is 1. The van der Waals surface area contributed by atoms with Crippen molar-refractivity contribution in [3.8, 4) is 11.5 Å². The second-order valence-electron chi connectivity index (χ2n) is 6.39. The van der Waals surface area contributed by atoms with Crippen LogP contribution in [0, 0.1) is 6.92 Å². The van der Waals surface area contributed by atoms with Gasteiger partial charge in [-0.25, -0.2) is 5.43 Å². The van der Waals surface area contributed by atoms with Gasteiger partial charge >= 0.3 is 0 Å². The first-order valence-corrected chi connectivity index (χ1v) is 9.80. The van der Waals surface area contributed by atoms with Crippen LogP contribution >= 0.6 is 15.9 Å². The molecule has 1 amide bonds. The number of methoxy groups -OCH3 is 1. The highest BCUT2D eigenvalue weighted by Crippen LogP contribution is 2.22. The molecule has 0 atom stereocenters. The van der Waals surface area contributed by atoms with Crippen LogP contribution in [0.4, 0.5) is 0 Å². The summed E-state index contributed by atoms with van der Waals surface area (Å²) >= 11 is 3.35. The number of rotatable bonds is 7. The lowest BCUT2D eigenvalue weighted by Gasteiger charge is -2.07. The zero-order valence-corrected chi connectivity index (χ0v) is 17.8. The molecule has 0 saturated heterocycles. The minimum Gasteiger partial charge on any atom is -0.496 e. The Balaban J connectivity index is 1.55. The van der Waals surface area contributed by atoms with E-state index >= 15 is 0 Å². The summed E-state index contributed by atoms with van der Waals surface area (Å²) in [6.45, 7) is 2.57. The molecular formula is C23H21BrN2O3. The SMILES string of the molecule is COc1ccc(Br)cc1C(=O)N/N=C\c1ccc(OCc2ccc(C)cc2)cc1. The second kappa shape index (κ2) is 9.89. The summed E-state index contributed by atoms with van der Waals surface area (Å²) in [4.78, 5) is 12.3. The van der Waals surface area contributed by atoms with E-state index in [0.717, 1.165) is 21.3 Å². The predicted molar refractivity (Wildman–Crippen MR) is 118 cm³/mol. The maximum atomic E-state index is 12.3. The molecule has 0 bridgehead atoms. The number of amides is 1. The fourth-order valence-electron chi connectivity index (χ4n) is 2.58. The highest BCUT2D eigenvalue weighted by Gasteiger charge is 2.11. The van der Waals surface area contributed by atoms with E-state index in [9.17, 15) is 4.79 Å². The van der Waals surface area contributed by atoms with E-state index in [-0.39, 0.29) is 5.91 Å². The van der Waals surface area contributed by atoms with Gasteiger partial charge in [-0.2, -0.15) is 5.10 Å². The fraction of sp³-hybridized carbons (Fsp3) is 0.130. The molecule has 0 heterocycles. The zero-order chi connectivity index (χ0) is 20.6. The van der Waals surface area contributed by atoms with Gasteiger partial charge in [-0.1, -0.05) is 45.8 Å². The quantitative estimate of drug-likeness (QED) is 0.400. The van der Waals surface area contributed by atoms with Crippen molar-refractivity contribution in [1.82, 2.24) is 5.43 Å². The van der Waals surface area contributed by atoms with Crippen molar-refractivity contribution in [3.05, 3.63) is 93.5 Å². The Morgan fingerprint density at radius 1 is 1.07 bits per heavy atom. The highest BCUT2D eigenvalue weighted by atomic mass is 79.9. The smallest absolute Gasteiger partial charge is 0.275 e. The molecule has 0 aliphatic heterocycles. The molecule has 0 spiro atoms. The van der Waals surface area contributed by atoms with Gasteiger partial charge in [-0.05, 0) is 60.5 Å². The lowest BCUT2D eigenvalue weighted by molar-refractivity contribution is 0.0952. The van der Waals surface area contributed by atoms with Gasteiger partial charge in [0.05, 0.1) is 18.9 Å². The van der Waals surface area contributed by atoms with Gasteiger partial charge in [0.25, 0.3) is 5.91 Å². The molecule has 0 saturated carbocycles. The van der Waals surface area contributed by atoms with Crippen molar-refractivity contribution in [1.29, 1.82) is 0 Å². The first-order chi connectivity index (χ1) is 14.0. The maximum absolute atomic E-state index is 12.3. The Morgan fingerprint density at radius 3 is 2.48 bits per heavy atom. The van der Waals surface area contributed by atoms with E-state index in [4.69, 9.17) is 9.47 Å². The van der Waals surface area contributed by atoms with Gasteiger partial charge in [-0.3, -0.25) is 4.79 Å². The third kappa shape index (κ3) is 5.93. The number of nitrogens with one attached hydrogen (secondary N) is 1. The maximum Gasteiger partial charge on any atom is 0.275 e. The molecule has 5 nitrogen and oxygen atoms in total. The molecule has 0 radical (unpaired) electrons. The number of ether oxygens (including phenoxy) is 2.